The van der Waals surface area contributed by atoms with E-state index in [4.69, 9.17) is 0 Å². The van der Waals surface area contributed by atoms with Gasteiger partial charge in [-0.1, -0.05) is 12.1 Å². The molecule has 4 nitrogen and oxygen atoms in total. The fourth-order valence-electron chi connectivity index (χ4n) is 1.17. The molecule has 0 radical (unpaired) electrons. The van der Waals surface area contributed by atoms with Crippen molar-refractivity contribution in [3.63, 3.8) is 0 Å². The first kappa shape index (κ1) is 16.9. The fraction of sp³-hybridized carbons (Fsp3) is 0.250. The minimum absolute atomic E-state index is 0. The van der Waals surface area contributed by atoms with Crippen molar-refractivity contribution >= 4 is 12.7 Å². The van der Waals surface area contributed by atoms with E-state index >= 15 is 0 Å². The molecular weight excluding hydrogens is 265 g/mol. The zero-order valence-electron chi connectivity index (χ0n) is 9.32. The van der Waals surface area contributed by atoms with E-state index in [0.717, 1.165) is 6.07 Å². The first-order chi connectivity index (χ1) is 7.31. The zero-order chi connectivity index (χ0) is 12.3. The maximum absolute atomic E-state index is 11.9. The number of para-hydroxylation sites is 1. The molecule has 0 saturated heterocycles. The number of hydrogen-bond donors (Lipinski definition) is 0. The summed E-state index contributed by atoms with van der Waals surface area (Å²) in [4.78, 5) is 9.86. The quantitative estimate of drug-likeness (QED) is 0.429. The summed E-state index contributed by atoms with van der Waals surface area (Å²) in [6.45, 7) is -5.17. The van der Waals surface area contributed by atoms with Gasteiger partial charge < -0.3 is 17.7 Å². The van der Waals surface area contributed by atoms with Gasteiger partial charge in [0.1, 0.15) is 0 Å². The van der Waals surface area contributed by atoms with Crippen LogP contribution in [0.25, 0.3) is 0 Å². The number of benzene rings is 1. The van der Waals surface area contributed by atoms with Crippen LogP contribution in [0.1, 0.15) is 5.56 Å². The van der Waals surface area contributed by atoms with Crippen molar-refractivity contribution in [2.75, 3.05) is 6.51 Å². The van der Waals surface area contributed by atoms with Crippen molar-refractivity contribution in [1.29, 1.82) is 0 Å². The van der Waals surface area contributed by atoms with Gasteiger partial charge in [0, 0.05) is 5.56 Å². The summed E-state index contributed by atoms with van der Waals surface area (Å²) < 4.78 is 40.2. The Morgan fingerprint density at radius 3 is 2.47 bits per heavy atom. The van der Waals surface area contributed by atoms with Crippen molar-refractivity contribution in [2.24, 2.45) is 0 Å². The summed E-state index contributed by atoms with van der Waals surface area (Å²) in [6, 6.07) is 3.98. The van der Waals surface area contributed by atoms with Crippen LogP contribution in [0.3, 0.4) is 0 Å². The minimum Gasteiger partial charge on any atom is -0.517 e. The number of nitro benzene ring substituents is 1. The largest absolute Gasteiger partial charge is 1.00 e. The summed E-state index contributed by atoms with van der Waals surface area (Å²) in [7, 11) is 0. The second kappa shape index (κ2) is 6.74. The Labute approximate surface area is 138 Å². The second-order valence-corrected chi connectivity index (χ2v) is 3.20. The molecule has 0 spiro atoms. The summed E-state index contributed by atoms with van der Waals surface area (Å²) in [5.74, 6) is -0.357. The van der Waals surface area contributed by atoms with E-state index in [1.807, 2.05) is 0 Å². The van der Waals surface area contributed by atoms with Gasteiger partial charge in [0.15, 0.2) is 5.75 Å². The Morgan fingerprint density at radius 2 is 2.00 bits per heavy atom. The van der Waals surface area contributed by atoms with Gasteiger partial charge in [0.2, 0.25) is 0 Å². The molecular formula is C8H8BF3KNO3. The molecule has 0 heterocycles. The van der Waals surface area contributed by atoms with E-state index < -0.39 is 24.1 Å². The summed E-state index contributed by atoms with van der Waals surface area (Å²) in [5, 5.41) is 10.6. The van der Waals surface area contributed by atoms with Crippen LogP contribution in [-0.4, -0.2) is 18.4 Å². The molecule has 0 bridgehead atoms. The van der Waals surface area contributed by atoms with Crippen LogP contribution < -0.4 is 56.1 Å². The Kier molecular flexibility index (Phi) is 6.70. The number of nitrogens with zero attached hydrogens (tertiary/aromatic N) is 1. The first-order valence-electron chi connectivity index (χ1n) is 4.39. The Hall–Kier alpha value is -0.0887. The van der Waals surface area contributed by atoms with E-state index in [2.05, 4.69) is 4.74 Å². The smallest absolute Gasteiger partial charge is 0.517 e. The molecule has 0 aliphatic heterocycles. The van der Waals surface area contributed by atoms with Crippen LogP contribution in [0.15, 0.2) is 18.2 Å². The number of rotatable bonds is 4. The van der Waals surface area contributed by atoms with Gasteiger partial charge in [-0.3, -0.25) is 10.1 Å². The number of hydrogen-bond acceptors (Lipinski definition) is 3. The Bertz CT molecular complexity index is 413. The van der Waals surface area contributed by atoms with E-state index in [9.17, 15) is 23.1 Å². The molecule has 1 aromatic rings. The molecule has 0 fully saturated rings. The first-order valence-corrected chi connectivity index (χ1v) is 4.39. The molecule has 1 aromatic carbocycles. The van der Waals surface area contributed by atoms with Crippen LogP contribution in [0, 0.1) is 17.0 Å². The molecule has 17 heavy (non-hydrogen) atoms. The number of aryl methyl sites for hydroxylation is 1. The van der Waals surface area contributed by atoms with Crippen molar-refractivity contribution in [3.05, 3.63) is 33.9 Å². The van der Waals surface area contributed by atoms with Gasteiger partial charge in [-0.2, -0.15) is 0 Å². The predicted molar refractivity (Wildman–Crippen MR) is 52.4 cm³/mol. The zero-order valence-corrected chi connectivity index (χ0v) is 12.4. The van der Waals surface area contributed by atoms with Crippen LogP contribution in [0.5, 0.6) is 5.75 Å². The Balaban J connectivity index is 0.00000256. The summed E-state index contributed by atoms with van der Waals surface area (Å²) in [5.41, 5.74) is -0.167. The van der Waals surface area contributed by atoms with Crippen molar-refractivity contribution < 1.29 is 74.0 Å². The van der Waals surface area contributed by atoms with Gasteiger partial charge >= 0.3 is 64.0 Å². The third-order valence-corrected chi connectivity index (χ3v) is 1.81. The summed E-state index contributed by atoms with van der Waals surface area (Å²) in [6.07, 6.45) is 0. The van der Waals surface area contributed by atoms with Gasteiger partial charge in [0.05, 0.1) is 11.4 Å². The average Bonchev–Trinajstić information content (AvgIpc) is 2.12. The second-order valence-electron chi connectivity index (χ2n) is 3.20. The molecule has 0 aliphatic rings. The molecule has 0 aliphatic carbocycles. The maximum atomic E-state index is 11.9. The molecule has 0 saturated carbocycles. The molecule has 9 heteroatoms. The van der Waals surface area contributed by atoms with Gasteiger partial charge in [0.25, 0.3) is 0 Å². The van der Waals surface area contributed by atoms with Crippen LogP contribution >= 0.6 is 0 Å². The maximum Gasteiger partial charge on any atom is 1.00 e. The van der Waals surface area contributed by atoms with E-state index in [1.54, 1.807) is 0 Å². The predicted octanol–water partition coefficient (Wildman–Crippen LogP) is -0.327. The van der Waals surface area contributed by atoms with Crippen molar-refractivity contribution in [2.45, 2.75) is 6.92 Å². The van der Waals surface area contributed by atoms with E-state index in [1.165, 1.54) is 19.1 Å². The molecule has 88 valence electrons. The van der Waals surface area contributed by atoms with Gasteiger partial charge in [-0.25, -0.2) is 0 Å². The number of ether oxygens (including phenoxy) is 1. The normalized spacial score (nSPS) is 10.6. The minimum atomic E-state index is -5.12. The Morgan fingerprint density at radius 1 is 1.41 bits per heavy atom. The summed E-state index contributed by atoms with van der Waals surface area (Å²) >= 11 is 0. The fourth-order valence-corrected chi connectivity index (χ4v) is 1.17. The molecule has 0 atom stereocenters. The molecule has 0 unspecified atom stereocenters. The standard InChI is InChI=1S/C8H8BF3NO3.K/c1-6-3-2-4-7(8(6)13(14)15)16-5-9(10,11)12;/h2-4H,5H2,1H3;/q-1;+1. The molecule has 0 aromatic heterocycles. The van der Waals surface area contributed by atoms with Crippen LogP contribution in [-0.2, 0) is 0 Å². The molecule has 1 rings (SSSR count). The van der Waals surface area contributed by atoms with E-state index in [-0.39, 0.29) is 62.7 Å². The molecule has 0 amide bonds. The third-order valence-electron chi connectivity index (χ3n) is 1.81. The molecule has 0 N–H and O–H groups in total. The van der Waals surface area contributed by atoms with Gasteiger partial charge in [-0.15, -0.1) is 0 Å². The monoisotopic (exact) mass is 273 g/mol. The number of nitro groups is 1. The SMILES string of the molecule is Cc1cccc(OC[B-](F)(F)F)c1[N+](=O)[O-].[K+]. The van der Waals surface area contributed by atoms with Crippen LogP contribution in [0.4, 0.5) is 18.6 Å². The van der Waals surface area contributed by atoms with Crippen molar-refractivity contribution in [1.82, 2.24) is 0 Å². The average molecular weight is 273 g/mol. The van der Waals surface area contributed by atoms with Crippen LogP contribution in [0.2, 0.25) is 0 Å². The number of halogens is 3. The van der Waals surface area contributed by atoms with E-state index in [0.29, 0.717) is 0 Å². The topological polar surface area (TPSA) is 52.4 Å². The van der Waals surface area contributed by atoms with Gasteiger partial charge in [-0.05, 0) is 13.0 Å². The third kappa shape index (κ3) is 5.39. The van der Waals surface area contributed by atoms with Crippen molar-refractivity contribution in [3.8, 4) is 5.75 Å².